The zero-order valence-electron chi connectivity index (χ0n) is 13.2. The number of nitrogens with one attached hydrogen (secondary N) is 1. The Hall–Kier alpha value is -1.31. The lowest BCUT2D eigenvalue weighted by atomic mass is 9.85. The molecule has 124 valence electrons. The molecular weight excluding hydrogens is 401 g/mol. The lowest BCUT2D eigenvalue weighted by Gasteiger charge is -2.25. The molecule has 3 N–H and O–H groups in total. The highest BCUT2D eigenvalue weighted by molar-refractivity contribution is 14.0. The van der Waals surface area contributed by atoms with Gasteiger partial charge in [0.2, 0.25) is 0 Å². The Morgan fingerprint density at radius 2 is 2.04 bits per heavy atom. The molecule has 2 saturated carbocycles. The second-order valence-corrected chi connectivity index (χ2v) is 6.50. The zero-order valence-corrected chi connectivity index (χ0v) is 15.6. The van der Waals surface area contributed by atoms with Crippen LogP contribution in [0.2, 0.25) is 0 Å². The SMILES string of the molecule is I.NC(=NCc1nc2ccccc2n1C1CC1)NCC1CCC1. The fourth-order valence-corrected chi connectivity index (χ4v) is 3.10. The molecule has 2 aromatic rings. The van der Waals surface area contributed by atoms with Crippen LogP contribution >= 0.6 is 24.0 Å². The summed E-state index contributed by atoms with van der Waals surface area (Å²) in [7, 11) is 0. The molecule has 0 unspecified atom stereocenters. The number of fused-ring (bicyclic) bond motifs is 1. The van der Waals surface area contributed by atoms with Gasteiger partial charge in [0, 0.05) is 12.6 Å². The summed E-state index contributed by atoms with van der Waals surface area (Å²) in [5, 5.41) is 3.24. The number of guanidine groups is 1. The van der Waals surface area contributed by atoms with Gasteiger partial charge in [0.25, 0.3) is 0 Å². The van der Waals surface area contributed by atoms with Crippen molar-refractivity contribution < 1.29 is 0 Å². The summed E-state index contributed by atoms with van der Waals surface area (Å²) < 4.78 is 2.35. The minimum absolute atomic E-state index is 0. The maximum absolute atomic E-state index is 5.99. The van der Waals surface area contributed by atoms with Gasteiger partial charge in [0.1, 0.15) is 12.4 Å². The number of aliphatic imine (C=N–C) groups is 1. The highest BCUT2D eigenvalue weighted by Crippen LogP contribution is 2.38. The molecule has 2 fully saturated rings. The molecule has 23 heavy (non-hydrogen) atoms. The van der Waals surface area contributed by atoms with Gasteiger partial charge in [-0.15, -0.1) is 24.0 Å². The Morgan fingerprint density at radius 1 is 1.26 bits per heavy atom. The van der Waals surface area contributed by atoms with Crippen molar-refractivity contribution in [2.75, 3.05) is 6.54 Å². The quantitative estimate of drug-likeness (QED) is 0.439. The molecular formula is C17H24IN5. The molecule has 5 nitrogen and oxygen atoms in total. The van der Waals surface area contributed by atoms with E-state index in [1.807, 2.05) is 6.07 Å². The molecule has 2 aliphatic carbocycles. The summed E-state index contributed by atoms with van der Waals surface area (Å²) in [5.41, 5.74) is 8.26. The summed E-state index contributed by atoms with van der Waals surface area (Å²) >= 11 is 0. The third-order valence-corrected chi connectivity index (χ3v) is 4.77. The lowest BCUT2D eigenvalue weighted by molar-refractivity contribution is 0.315. The number of para-hydroxylation sites is 2. The summed E-state index contributed by atoms with van der Waals surface area (Å²) in [6, 6.07) is 8.92. The number of benzene rings is 1. The third kappa shape index (κ3) is 3.62. The van der Waals surface area contributed by atoms with Gasteiger partial charge in [-0.3, -0.25) is 0 Å². The van der Waals surface area contributed by atoms with E-state index < -0.39 is 0 Å². The molecule has 1 aromatic heterocycles. The highest BCUT2D eigenvalue weighted by atomic mass is 127. The van der Waals surface area contributed by atoms with Crippen molar-refractivity contribution in [3.8, 4) is 0 Å². The smallest absolute Gasteiger partial charge is 0.189 e. The average molecular weight is 425 g/mol. The van der Waals surface area contributed by atoms with Crippen LogP contribution in [0, 0.1) is 5.92 Å². The third-order valence-electron chi connectivity index (χ3n) is 4.77. The summed E-state index contributed by atoms with van der Waals surface area (Å²) in [5.74, 6) is 2.35. The molecule has 0 saturated heterocycles. The number of rotatable bonds is 5. The maximum Gasteiger partial charge on any atom is 0.189 e. The molecule has 4 rings (SSSR count). The van der Waals surface area contributed by atoms with Crippen LogP contribution in [0.1, 0.15) is 44.0 Å². The van der Waals surface area contributed by atoms with E-state index in [-0.39, 0.29) is 24.0 Å². The van der Waals surface area contributed by atoms with E-state index in [9.17, 15) is 0 Å². The van der Waals surface area contributed by atoms with Crippen LogP contribution < -0.4 is 11.1 Å². The van der Waals surface area contributed by atoms with Crippen LogP contribution in [0.15, 0.2) is 29.3 Å². The summed E-state index contributed by atoms with van der Waals surface area (Å²) in [6.07, 6.45) is 6.48. The van der Waals surface area contributed by atoms with E-state index in [1.165, 1.54) is 37.6 Å². The fourth-order valence-electron chi connectivity index (χ4n) is 3.10. The number of nitrogens with zero attached hydrogens (tertiary/aromatic N) is 3. The van der Waals surface area contributed by atoms with Gasteiger partial charge >= 0.3 is 0 Å². The van der Waals surface area contributed by atoms with E-state index in [4.69, 9.17) is 10.7 Å². The summed E-state index contributed by atoms with van der Waals surface area (Å²) in [4.78, 5) is 9.23. The van der Waals surface area contributed by atoms with Crippen molar-refractivity contribution in [2.24, 2.45) is 16.6 Å². The molecule has 2 aliphatic rings. The molecule has 1 aromatic carbocycles. The van der Waals surface area contributed by atoms with Crippen molar-refractivity contribution in [2.45, 2.75) is 44.7 Å². The molecule has 0 aliphatic heterocycles. The van der Waals surface area contributed by atoms with Crippen LogP contribution in [0.3, 0.4) is 0 Å². The van der Waals surface area contributed by atoms with Gasteiger partial charge in [0.05, 0.1) is 11.0 Å². The highest BCUT2D eigenvalue weighted by Gasteiger charge is 2.27. The van der Waals surface area contributed by atoms with E-state index in [0.717, 1.165) is 23.8 Å². The van der Waals surface area contributed by atoms with Crippen molar-refractivity contribution in [3.05, 3.63) is 30.1 Å². The van der Waals surface area contributed by atoms with Crippen LogP contribution in [0.25, 0.3) is 11.0 Å². The normalized spacial score (nSPS) is 18.5. The van der Waals surface area contributed by atoms with Crippen molar-refractivity contribution in [3.63, 3.8) is 0 Å². The van der Waals surface area contributed by atoms with Gasteiger partial charge in [-0.05, 0) is 43.7 Å². The maximum atomic E-state index is 5.99. The number of hydrogen-bond acceptors (Lipinski definition) is 2. The van der Waals surface area contributed by atoms with Crippen LogP contribution in [-0.2, 0) is 6.54 Å². The monoisotopic (exact) mass is 425 g/mol. The first-order valence-electron chi connectivity index (χ1n) is 8.31. The lowest BCUT2D eigenvalue weighted by Crippen LogP contribution is -2.37. The minimum atomic E-state index is 0. The van der Waals surface area contributed by atoms with Crippen molar-refractivity contribution in [1.29, 1.82) is 0 Å². The largest absolute Gasteiger partial charge is 0.370 e. The molecule has 0 bridgehead atoms. The van der Waals surface area contributed by atoms with Gasteiger partial charge in [-0.1, -0.05) is 18.6 Å². The first kappa shape index (κ1) is 16.5. The Morgan fingerprint density at radius 3 is 2.74 bits per heavy atom. The topological polar surface area (TPSA) is 68.2 Å². The fraction of sp³-hybridized carbons (Fsp3) is 0.529. The van der Waals surface area contributed by atoms with E-state index in [0.29, 0.717) is 18.5 Å². The Kier molecular flexibility index (Phi) is 5.08. The van der Waals surface area contributed by atoms with Crippen LogP contribution in [-0.4, -0.2) is 22.1 Å². The molecule has 1 heterocycles. The second-order valence-electron chi connectivity index (χ2n) is 6.50. The first-order valence-corrected chi connectivity index (χ1v) is 8.31. The van der Waals surface area contributed by atoms with E-state index in [2.05, 4.69) is 33.1 Å². The Labute approximate surface area is 153 Å². The Bertz CT molecular complexity index is 700. The molecule has 6 heteroatoms. The molecule has 0 spiro atoms. The van der Waals surface area contributed by atoms with Crippen molar-refractivity contribution >= 4 is 41.0 Å². The summed E-state index contributed by atoms with van der Waals surface area (Å²) in [6.45, 7) is 1.50. The van der Waals surface area contributed by atoms with Crippen LogP contribution in [0.4, 0.5) is 0 Å². The van der Waals surface area contributed by atoms with Gasteiger partial charge in [0.15, 0.2) is 5.96 Å². The van der Waals surface area contributed by atoms with E-state index in [1.54, 1.807) is 0 Å². The number of hydrogen-bond donors (Lipinski definition) is 2. The number of halogens is 1. The van der Waals surface area contributed by atoms with E-state index >= 15 is 0 Å². The molecule has 0 amide bonds. The van der Waals surface area contributed by atoms with Crippen LogP contribution in [0.5, 0.6) is 0 Å². The number of nitrogens with two attached hydrogens (primary N) is 1. The Balaban J connectivity index is 0.00000156. The van der Waals surface area contributed by atoms with Gasteiger partial charge in [-0.25, -0.2) is 9.98 Å². The molecule has 0 atom stereocenters. The minimum Gasteiger partial charge on any atom is -0.370 e. The van der Waals surface area contributed by atoms with Gasteiger partial charge in [-0.2, -0.15) is 0 Å². The first-order chi connectivity index (χ1) is 10.8. The van der Waals surface area contributed by atoms with Crippen molar-refractivity contribution in [1.82, 2.24) is 14.9 Å². The zero-order chi connectivity index (χ0) is 14.9. The predicted molar refractivity (Wildman–Crippen MR) is 104 cm³/mol. The standard InChI is InChI=1S/C17H23N5.HI/c18-17(19-10-12-4-3-5-12)20-11-16-21-14-6-1-2-7-15(14)22(16)13-8-9-13;/h1-2,6-7,12-13H,3-5,8-11H2,(H3,18,19,20);1H. The average Bonchev–Trinajstić information content (AvgIpc) is 3.24. The van der Waals surface area contributed by atoms with Gasteiger partial charge < -0.3 is 15.6 Å². The number of aromatic nitrogens is 2. The number of imidazole rings is 1. The second kappa shape index (κ2) is 7.07. The predicted octanol–water partition coefficient (Wildman–Crippen LogP) is 3.19. The molecule has 0 radical (unpaired) electrons.